The lowest BCUT2D eigenvalue weighted by Gasteiger charge is -2.19. The van der Waals surface area contributed by atoms with Gasteiger partial charge in [0, 0.05) is 19.0 Å². The predicted molar refractivity (Wildman–Crippen MR) is 93.3 cm³/mol. The Balaban J connectivity index is 1.66. The number of benzene rings is 2. The van der Waals surface area contributed by atoms with Crippen LogP contribution in [0.5, 0.6) is 0 Å². The van der Waals surface area contributed by atoms with Crippen LogP contribution in [-0.4, -0.2) is 11.8 Å². The Morgan fingerprint density at radius 1 is 1.04 bits per heavy atom. The van der Waals surface area contributed by atoms with Crippen molar-refractivity contribution in [1.29, 1.82) is 0 Å². The summed E-state index contributed by atoms with van der Waals surface area (Å²) in [7, 11) is 0. The van der Waals surface area contributed by atoms with Gasteiger partial charge in [-0.3, -0.25) is 9.59 Å². The van der Waals surface area contributed by atoms with Crippen molar-refractivity contribution in [2.75, 3.05) is 0 Å². The van der Waals surface area contributed by atoms with Crippen LogP contribution < -0.4 is 10.6 Å². The normalized spacial score (nSPS) is 14.7. The Morgan fingerprint density at radius 3 is 2.29 bits per heavy atom. The van der Waals surface area contributed by atoms with Crippen molar-refractivity contribution in [3.63, 3.8) is 0 Å². The zero-order valence-corrected chi connectivity index (χ0v) is 13.8. The maximum atomic E-state index is 12.6. The van der Waals surface area contributed by atoms with Gasteiger partial charge < -0.3 is 10.6 Å². The molecule has 1 aliphatic carbocycles. The fourth-order valence-electron chi connectivity index (χ4n) is 2.79. The highest BCUT2D eigenvalue weighted by atomic mass is 16.2. The topological polar surface area (TPSA) is 58.2 Å². The summed E-state index contributed by atoms with van der Waals surface area (Å²) >= 11 is 0. The Hall–Kier alpha value is -2.62. The number of carbonyl (C=O) groups is 2. The summed E-state index contributed by atoms with van der Waals surface area (Å²) in [6, 6.07) is 17.6. The highest BCUT2D eigenvalue weighted by Crippen LogP contribution is 2.41. The summed E-state index contributed by atoms with van der Waals surface area (Å²) < 4.78 is 0. The first-order valence-corrected chi connectivity index (χ1v) is 8.32. The first-order chi connectivity index (χ1) is 11.6. The summed E-state index contributed by atoms with van der Waals surface area (Å²) in [5, 5.41) is 5.92. The van der Waals surface area contributed by atoms with E-state index in [-0.39, 0.29) is 17.9 Å². The lowest BCUT2D eigenvalue weighted by Crippen LogP contribution is -2.29. The smallest absolute Gasteiger partial charge is 0.251 e. The average molecular weight is 322 g/mol. The summed E-state index contributed by atoms with van der Waals surface area (Å²) in [6.45, 7) is 1.97. The van der Waals surface area contributed by atoms with E-state index in [1.165, 1.54) is 6.92 Å². The number of hydrogen-bond donors (Lipinski definition) is 2. The summed E-state index contributed by atoms with van der Waals surface area (Å²) in [5.74, 6) is 0.421. The van der Waals surface area contributed by atoms with Crippen molar-refractivity contribution >= 4 is 11.8 Å². The van der Waals surface area contributed by atoms with Gasteiger partial charge in [0.2, 0.25) is 5.91 Å². The van der Waals surface area contributed by atoms with E-state index in [4.69, 9.17) is 0 Å². The molecule has 0 heterocycles. The largest absolute Gasteiger partial charge is 0.352 e. The van der Waals surface area contributed by atoms with E-state index in [1.807, 2.05) is 30.3 Å². The number of amides is 2. The molecule has 2 N–H and O–H groups in total. The molecule has 24 heavy (non-hydrogen) atoms. The number of carbonyl (C=O) groups excluding carboxylic acids is 2. The van der Waals surface area contributed by atoms with Gasteiger partial charge in [-0.05, 0) is 42.0 Å². The number of hydrogen-bond acceptors (Lipinski definition) is 2. The highest BCUT2D eigenvalue weighted by Gasteiger charge is 2.33. The number of nitrogens with one attached hydrogen (secondary N) is 2. The Morgan fingerprint density at radius 2 is 1.71 bits per heavy atom. The second-order valence-electron chi connectivity index (χ2n) is 6.31. The molecule has 3 rings (SSSR count). The molecule has 2 aromatic rings. The molecular weight excluding hydrogens is 300 g/mol. The third-order valence-electron chi connectivity index (χ3n) is 4.30. The molecule has 0 spiro atoms. The summed E-state index contributed by atoms with van der Waals surface area (Å²) in [5.41, 5.74) is 2.78. The molecule has 2 amide bonds. The first kappa shape index (κ1) is 16.2. The lowest BCUT2D eigenvalue weighted by molar-refractivity contribution is -0.119. The van der Waals surface area contributed by atoms with Gasteiger partial charge in [0.25, 0.3) is 5.91 Å². The van der Waals surface area contributed by atoms with Crippen LogP contribution in [0, 0.1) is 5.92 Å². The molecule has 0 aliphatic heterocycles. The fourth-order valence-corrected chi connectivity index (χ4v) is 2.79. The van der Waals surface area contributed by atoms with Crippen LogP contribution in [0.4, 0.5) is 0 Å². The molecule has 4 heteroatoms. The van der Waals surface area contributed by atoms with Crippen molar-refractivity contribution in [2.24, 2.45) is 5.92 Å². The van der Waals surface area contributed by atoms with Gasteiger partial charge in [-0.2, -0.15) is 0 Å². The maximum Gasteiger partial charge on any atom is 0.251 e. The van der Waals surface area contributed by atoms with Crippen molar-refractivity contribution < 1.29 is 9.59 Å². The lowest BCUT2D eigenvalue weighted by atomic mass is 10.0. The Labute approximate surface area is 142 Å². The molecule has 2 aromatic carbocycles. The zero-order chi connectivity index (χ0) is 16.9. The van der Waals surface area contributed by atoms with E-state index >= 15 is 0 Å². The second kappa shape index (κ2) is 7.30. The van der Waals surface area contributed by atoms with E-state index in [2.05, 4.69) is 22.8 Å². The van der Waals surface area contributed by atoms with Crippen LogP contribution in [0.15, 0.2) is 54.6 Å². The minimum absolute atomic E-state index is 0.0539. The highest BCUT2D eigenvalue weighted by molar-refractivity contribution is 5.94. The van der Waals surface area contributed by atoms with Crippen molar-refractivity contribution in [2.45, 2.75) is 32.4 Å². The summed E-state index contributed by atoms with van der Waals surface area (Å²) in [4.78, 5) is 23.5. The van der Waals surface area contributed by atoms with E-state index in [1.54, 1.807) is 12.1 Å². The molecule has 124 valence electrons. The number of rotatable bonds is 6. The van der Waals surface area contributed by atoms with E-state index in [0.717, 1.165) is 24.0 Å². The fraction of sp³-hybridized carbons (Fsp3) is 0.300. The SMILES string of the molecule is CC(=O)NCc1ccc(C(=O)N[C@@H](c2ccccc2)C2CC2)cc1. The van der Waals surface area contributed by atoms with Crippen molar-refractivity contribution in [3.05, 3.63) is 71.3 Å². The molecular formula is C20H22N2O2. The van der Waals surface area contributed by atoms with Crippen LogP contribution in [0.2, 0.25) is 0 Å². The van der Waals surface area contributed by atoms with Crippen LogP contribution in [0.3, 0.4) is 0 Å². The van der Waals surface area contributed by atoms with Gasteiger partial charge in [0.15, 0.2) is 0 Å². The molecule has 1 aliphatic rings. The van der Waals surface area contributed by atoms with Gasteiger partial charge >= 0.3 is 0 Å². The van der Waals surface area contributed by atoms with E-state index in [0.29, 0.717) is 18.0 Å². The molecule has 0 bridgehead atoms. The van der Waals surface area contributed by atoms with Gasteiger partial charge in [-0.15, -0.1) is 0 Å². The van der Waals surface area contributed by atoms with Crippen molar-refractivity contribution in [3.8, 4) is 0 Å². The minimum Gasteiger partial charge on any atom is -0.352 e. The minimum atomic E-state index is -0.0630. The molecule has 0 aromatic heterocycles. The van der Waals surface area contributed by atoms with Gasteiger partial charge in [0.05, 0.1) is 6.04 Å². The molecule has 4 nitrogen and oxygen atoms in total. The van der Waals surface area contributed by atoms with Crippen LogP contribution >= 0.6 is 0 Å². The van der Waals surface area contributed by atoms with E-state index < -0.39 is 0 Å². The van der Waals surface area contributed by atoms with Gasteiger partial charge in [0.1, 0.15) is 0 Å². The molecule has 0 saturated heterocycles. The Kier molecular flexibility index (Phi) is 4.94. The molecule has 1 saturated carbocycles. The van der Waals surface area contributed by atoms with Crippen LogP contribution in [0.1, 0.15) is 47.3 Å². The van der Waals surface area contributed by atoms with Gasteiger partial charge in [-0.1, -0.05) is 42.5 Å². The van der Waals surface area contributed by atoms with Crippen LogP contribution in [0.25, 0.3) is 0 Å². The maximum absolute atomic E-state index is 12.6. The molecule has 0 unspecified atom stereocenters. The van der Waals surface area contributed by atoms with E-state index in [9.17, 15) is 9.59 Å². The zero-order valence-electron chi connectivity index (χ0n) is 13.8. The third-order valence-corrected chi connectivity index (χ3v) is 4.30. The monoisotopic (exact) mass is 322 g/mol. The standard InChI is InChI=1S/C20H22N2O2/c1-14(23)21-13-15-7-9-18(10-8-15)20(24)22-19(17-11-12-17)16-5-3-2-4-6-16/h2-10,17,19H,11-13H2,1H3,(H,21,23)(H,22,24)/t19-/m0/s1. The molecule has 1 atom stereocenters. The first-order valence-electron chi connectivity index (χ1n) is 8.32. The average Bonchev–Trinajstić information content (AvgIpc) is 3.44. The van der Waals surface area contributed by atoms with Crippen molar-refractivity contribution in [1.82, 2.24) is 10.6 Å². The Bertz CT molecular complexity index is 706. The third kappa shape index (κ3) is 4.22. The van der Waals surface area contributed by atoms with Gasteiger partial charge in [-0.25, -0.2) is 0 Å². The molecule has 0 radical (unpaired) electrons. The quantitative estimate of drug-likeness (QED) is 0.858. The summed E-state index contributed by atoms with van der Waals surface area (Å²) in [6.07, 6.45) is 2.32. The predicted octanol–water partition coefficient (Wildman–Crippen LogP) is 3.20. The molecule has 1 fully saturated rings. The van der Waals surface area contributed by atoms with Crippen LogP contribution in [-0.2, 0) is 11.3 Å². The second-order valence-corrected chi connectivity index (χ2v) is 6.31.